The molecule has 2 aliphatic carbocycles. The fourth-order valence-corrected chi connectivity index (χ4v) is 2.59. The number of aliphatic imine (C=N–C) groups is 1. The molecule has 2 aliphatic rings. The summed E-state index contributed by atoms with van der Waals surface area (Å²) in [5.41, 5.74) is 0.632. The van der Waals surface area contributed by atoms with E-state index in [-0.39, 0.29) is 0 Å². The highest BCUT2D eigenvalue weighted by atomic mass is 15.2. The van der Waals surface area contributed by atoms with Gasteiger partial charge in [-0.15, -0.1) is 0 Å². The first-order chi connectivity index (χ1) is 6.80. The standard InChI is InChI=1S/C11H21N3/c1-12-10(13-2)14-8-11(6-3-7-11)9-4-5-9/h9H,3-8H2,1-2H3,(H2,12,13,14). The number of hydrogen-bond donors (Lipinski definition) is 2. The van der Waals surface area contributed by atoms with Crippen LogP contribution in [0.15, 0.2) is 4.99 Å². The molecule has 2 fully saturated rings. The van der Waals surface area contributed by atoms with Crippen LogP contribution in [0.25, 0.3) is 0 Å². The third-order valence-corrected chi connectivity index (χ3v) is 3.86. The number of nitrogens with one attached hydrogen (secondary N) is 2. The molecule has 2 N–H and O–H groups in total. The van der Waals surface area contributed by atoms with Crippen molar-refractivity contribution in [3.63, 3.8) is 0 Å². The lowest BCUT2D eigenvalue weighted by Gasteiger charge is -2.43. The highest BCUT2D eigenvalue weighted by Gasteiger charge is 2.48. The van der Waals surface area contributed by atoms with Crippen molar-refractivity contribution < 1.29 is 0 Å². The maximum Gasteiger partial charge on any atom is 0.190 e. The Labute approximate surface area is 86.4 Å². The molecule has 2 rings (SSSR count). The van der Waals surface area contributed by atoms with E-state index >= 15 is 0 Å². The molecule has 3 nitrogen and oxygen atoms in total. The van der Waals surface area contributed by atoms with Crippen molar-refractivity contribution in [3.05, 3.63) is 0 Å². The van der Waals surface area contributed by atoms with Gasteiger partial charge in [0.2, 0.25) is 0 Å². The van der Waals surface area contributed by atoms with Gasteiger partial charge in [0, 0.05) is 20.6 Å². The van der Waals surface area contributed by atoms with E-state index in [4.69, 9.17) is 0 Å². The summed E-state index contributed by atoms with van der Waals surface area (Å²) in [7, 11) is 3.74. The van der Waals surface area contributed by atoms with Crippen molar-refractivity contribution in [2.24, 2.45) is 16.3 Å². The Morgan fingerprint density at radius 3 is 2.50 bits per heavy atom. The van der Waals surface area contributed by atoms with Crippen molar-refractivity contribution in [1.82, 2.24) is 10.6 Å². The molecule has 0 saturated heterocycles. The minimum absolute atomic E-state index is 0.632. The predicted octanol–water partition coefficient (Wildman–Crippen LogP) is 1.36. The fourth-order valence-electron chi connectivity index (χ4n) is 2.59. The van der Waals surface area contributed by atoms with Crippen molar-refractivity contribution in [3.8, 4) is 0 Å². The van der Waals surface area contributed by atoms with Crippen LogP contribution >= 0.6 is 0 Å². The highest BCUT2D eigenvalue weighted by Crippen LogP contribution is 2.56. The Hall–Kier alpha value is -0.730. The molecule has 0 heterocycles. The Morgan fingerprint density at radius 1 is 1.43 bits per heavy atom. The van der Waals surface area contributed by atoms with Crippen LogP contribution in [0.4, 0.5) is 0 Å². The molecule has 80 valence electrons. The monoisotopic (exact) mass is 195 g/mol. The van der Waals surface area contributed by atoms with E-state index in [2.05, 4.69) is 15.6 Å². The first kappa shape index (κ1) is 9.81. The van der Waals surface area contributed by atoms with Crippen molar-refractivity contribution in [2.75, 3.05) is 20.6 Å². The van der Waals surface area contributed by atoms with Crippen LogP contribution < -0.4 is 10.6 Å². The second-order valence-electron chi connectivity index (χ2n) is 4.67. The van der Waals surface area contributed by atoms with Crippen LogP contribution in [0.2, 0.25) is 0 Å². The summed E-state index contributed by atoms with van der Waals surface area (Å²) in [6, 6.07) is 0. The van der Waals surface area contributed by atoms with E-state index < -0.39 is 0 Å². The Balaban J connectivity index is 1.83. The normalized spacial score (nSPS) is 25.4. The van der Waals surface area contributed by atoms with Crippen LogP contribution in [-0.2, 0) is 0 Å². The van der Waals surface area contributed by atoms with E-state index in [1.165, 1.54) is 32.1 Å². The van der Waals surface area contributed by atoms with Crippen molar-refractivity contribution in [2.45, 2.75) is 32.1 Å². The van der Waals surface area contributed by atoms with Gasteiger partial charge in [-0.05, 0) is 37.0 Å². The lowest BCUT2D eigenvalue weighted by Crippen LogP contribution is -2.46. The summed E-state index contributed by atoms with van der Waals surface area (Å²) >= 11 is 0. The quantitative estimate of drug-likeness (QED) is 0.527. The van der Waals surface area contributed by atoms with E-state index in [1.807, 2.05) is 14.1 Å². The number of hydrogen-bond acceptors (Lipinski definition) is 1. The summed E-state index contributed by atoms with van der Waals surface area (Å²) in [6.45, 7) is 1.12. The van der Waals surface area contributed by atoms with Crippen LogP contribution in [-0.4, -0.2) is 26.6 Å². The molecule has 0 bridgehead atoms. The van der Waals surface area contributed by atoms with E-state index in [9.17, 15) is 0 Å². The molecule has 0 amide bonds. The molecular formula is C11H21N3. The van der Waals surface area contributed by atoms with Crippen LogP contribution in [0.3, 0.4) is 0 Å². The molecule has 0 unspecified atom stereocenters. The molecule has 0 aromatic carbocycles. The first-order valence-electron chi connectivity index (χ1n) is 5.69. The van der Waals surface area contributed by atoms with Gasteiger partial charge in [-0.25, -0.2) is 0 Å². The second-order valence-corrected chi connectivity index (χ2v) is 4.67. The van der Waals surface area contributed by atoms with Gasteiger partial charge in [0.05, 0.1) is 0 Å². The predicted molar refractivity (Wildman–Crippen MR) is 59.4 cm³/mol. The van der Waals surface area contributed by atoms with Gasteiger partial charge in [0.25, 0.3) is 0 Å². The lowest BCUT2D eigenvalue weighted by atomic mass is 9.65. The smallest absolute Gasteiger partial charge is 0.190 e. The van der Waals surface area contributed by atoms with Gasteiger partial charge in [0.15, 0.2) is 5.96 Å². The SMILES string of the molecule is CN=C(NC)NCC1(C2CC2)CCC1. The van der Waals surface area contributed by atoms with Crippen LogP contribution in [0.1, 0.15) is 32.1 Å². The Kier molecular flexibility index (Phi) is 2.66. The topological polar surface area (TPSA) is 36.4 Å². The third-order valence-electron chi connectivity index (χ3n) is 3.86. The first-order valence-corrected chi connectivity index (χ1v) is 5.69. The molecule has 0 aromatic heterocycles. The molecule has 0 spiro atoms. The molecule has 3 heteroatoms. The second kappa shape index (κ2) is 3.79. The van der Waals surface area contributed by atoms with Crippen molar-refractivity contribution >= 4 is 5.96 Å². The molecule has 0 aliphatic heterocycles. The summed E-state index contributed by atoms with van der Waals surface area (Å²) in [6.07, 6.45) is 7.19. The molecule has 0 radical (unpaired) electrons. The fraction of sp³-hybridized carbons (Fsp3) is 0.909. The highest BCUT2D eigenvalue weighted by molar-refractivity contribution is 5.79. The van der Waals surface area contributed by atoms with Gasteiger partial charge in [0.1, 0.15) is 0 Å². The summed E-state index contributed by atoms with van der Waals surface area (Å²) < 4.78 is 0. The molecular weight excluding hydrogens is 174 g/mol. The average Bonchev–Trinajstić information content (AvgIpc) is 2.94. The van der Waals surface area contributed by atoms with E-state index in [0.29, 0.717) is 5.41 Å². The minimum Gasteiger partial charge on any atom is -0.359 e. The summed E-state index contributed by atoms with van der Waals surface area (Å²) in [5, 5.41) is 6.49. The maximum atomic E-state index is 4.14. The number of guanidine groups is 1. The summed E-state index contributed by atoms with van der Waals surface area (Å²) in [4.78, 5) is 4.14. The van der Waals surface area contributed by atoms with Gasteiger partial charge in [-0.2, -0.15) is 0 Å². The largest absolute Gasteiger partial charge is 0.359 e. The number of rotatable bonds is 3. The Morgan fingerprint density at radius 2 is 2.14 bits per heavy atom. The maximum absolute atomic E-state index is 4.14. The van der Waals surface area contributed by atoms with E-state index in [1.54, 1.807) is 0 Å². The zero-order chi connectivity index (χ0) is 10.0. The molecule has 0 atom stereocenters. The molecule has 2 saturated carbocycles. The third kappa shape index (κ3) is 1.72. The summed E-state index contributed by atoms with van der Waals surface area (Å²) in [5.74, 6) is 1.94. The minimum atomic E-state index is 0.632. The number of nitrogens with zero attached hydrogens (tertiary/aromatic N) is 1. The van der Waals surface area contributed by atoms with Crippen LogP contribution in [0, 0.1) is 11.3 Å². The van der Waals surface area contributed by atoms with Gasteiger partial charge >= 0.3 is 0 Å². The van der Waals surface area contributed by atoms with Gasteiger partial charge in [-0.3, -0.25) is 4.99 Å². The zero-order valence-corrected chi connectivity index (χ0v) is 9.27. The average molecular weight is 195 g/mol. The Bertz CT molecular complexity index is 227. The van der Waals surface area contributed by atoms with E-state index in [0.717, 1.165) is 18.4 Å². The molecule has 14 heavy (non-hydrogen) atoms. The molecule has 0 aromatic rings. The van der Waals surface area contributed by atoms with Gasteiger partial charge < -0.3 is 10.6 Å². The van der Waals surface area contributed by atoms with Crippen LogP contribution in [0.5, 0.6) is 0 Å². The van der Waals surface area contributed by atoms with Crippen molar-refractivity contribution in [1.29, 1.82) is 0 Å². The zero-order valence-electron chi connectivity index (χ0n) is 9.27. The lowest BCUT2D eigenvalue weighted by molar-refractivity contribution is 0.106. The van der Waals surface area contributed by atoms with Gasteiger partial charge in [-0.1, -0.05) is 6.42 Å².